The van der Waals surface area contributed by atoms with Gasteiger partial charge in [0.25, 0.3) is 0 Å². The highest BCUT2D eigenvalue weighted by Crippen LogP contribution is 2.25. The molecule has 0 spiro atoms. The van der Waals surface area contributed by atoms with Crippen molar-refractivity contribution in [3.63, 3.8) is 0 Å². The minimum Gasteiger partial charge on any atom is -0.370 e. The quantitative estimate of drug-likeness (QED) is 0.398. The second kappa shape index (κ2) is 8.07. The number of likely N-dealkylation sites (N-methyl/N-ethyl adjacent to an activating group) is 1. The maximum atomic E-state index is 2.29. The van der Waals surface area contributed by atoms with Gasteiger partial charge >= 0.3 is 0 Å². The normalized spacial score (nSPS) is 11.0. The highest BCUT2D eigenvalue weighted by Gasteiger charge is 2.03. The molecule has 0 aliphatic carbocycles. The van der Waals surface area contributed by atoms with Crippen molar-refractivity contribution in [2.45, 2.75) is 0 Å². The first kappa shape index (κ1) is 18.0. The molecule has 2 heteroatoms. The number of anilines is 1. The number of benzene rings is 4. The molecular weight excluding hydrogens is 338 g/mol. The number of halogens is 1. The molecule has 0 heterocycles. The number of nitrogens with zero attached hydrogens (tertiary/aromatic N) is 1. The summed E-state index contributed by atoms with van der Waals surface area (Å²) in [5.41, 5.74) is 2.51. The van der Waals surface area contributed by atoms with Crippen molar-refractivity contribution in [1.82, 2.24) is 0 Å². The van der Waals surface area contributed by atoms with Crippen LogP contribution in [0, 0.1) is 0 Å². The zero-order valence-corrected chi connectivity index (χ0v) is 15.6. The third kappa shape index (κ3) is 3.74. The molecule has 1 nitrogen and oxygen atoms in total. The minimum absolute atomic E-state index is 0. The first-order valence-corrected chi connectivity index (χ1v) is 8.65. The van der Waals surface area contributed by atoms with E-state index in [1.807, 2.05) is 0 Å². The molecule has 0 aliphatic rings. The van der Waals surface area contributed by atoms with E-state index in [0.717, 1.165) is 6.54 Å². The molecule has 0 aromatic heterocycles. The van der Waals surface area contributed by atoms with Crippen molar-refractivity contribution in [3.05, 3.63) is 96.6 Å². The summed E-state index contributed by atoms with van der Waals surface area (Å²) in [5, 5.41) is 5.15. The summed E-state index contributed by atoms with van der Waals surface area (Å²) >= 11 is 0. The highest BCUT2D eigenvalue weighted by atomic mass is 35.5. The number of rotatable bonds is 4. The Hall–Kier alpha value is -2.77. The average molecular weight is 360 g/mol. The molecule has 0 radical (unpaired) electrons. The second-order valence-electron chi connectivity index (χ2n) is 6.39. The van der Waals surface area contributed by atoms with Crippen LogP contribution in [0.15, 0.2) is 91.0 Å². The fraction of sp³-hybridized carbons (Fsp3) is 0.0833. The van der Waals surface area contributed by atoms with Gasteiger partial charge in [-0.05, 0) is 33.9 Å². The number of fused-ring (bicyclic) bond motifs is 2. The molecular formula is C24H22ClN. The third-order valence-electron chi connectivity index (χ3n) is 4.64. The Balaban J connectivity index is 0.00000196. The molecule has 130 valence electrons. The lowest BCUT2D eigenvalue weighted by molar-refractivity contribution is 1.04. The lowest BCUT2D eigenvalue weighted by atomic mass is 10.1. The van der Waals surface area contributed by atoms with Gasteiger partial charge in [-0.15, -0.1) is 12.4 Å². The van der Waals surface area contributed by atoms with Gasteiger partial charge in [0.05, 0.1) is 0 Å². The molecule has 0 amide bonds. The molecule has 0 saturated carbocycles. The standard InChI is InChI=1S/C24H21N.ClH/c1-25(24-14-6-12-21-10-4-5-13-23(21)24)17-7-8-19-15-16-20-9-2-3-11-22(20)18-19;/h2-16,18H,17H2,1H3;1H/b8-7+;. The van der Waals surface area contributed by atoms with Crippen LogP contribution in [0.3, 0.4) is 0 Å². The fourth-order valence-corrected chi connectivity index (χ4v) is 3.30. The van der Waals surface area contributed by atoms with E-state index in [2.05, 4.69) is 109 Å². The van der Waals surface area contributed by atoms with E-state index < -0.39 is 0 Å². The van der Waals surface area contributed by atoms with Crippen LogP contribution in [0.4, 0.5) is 5.69 Å². The van der Waals surface area contributed by atoms with E-state index in [-0.39, 0.29) is 12.4 Å². The van der Waals surface area contributed by atoms with Gasteiger partial charge in [0, 0.05) is 24.7 Å². The first-order valence-electron chi connectivity index (χ1n) is 8.65. The van der Waals surface area contributed by atoms with Gasteiger partial charge < -0.3 is 4.90 Å². The summed E-state index contributed by atoms with van der Waals surface area (Å²) in [7, 11) is 2.15. The smallest absolute Gasteiger partial charge is 0.0446 e. The summed E-state index contributed by atoms with van der Waals surface area (Å²) in [4.78, 5) is 2.29. The van der Waals surface area contributed by atoms with E-state index in [4.69, 9.17) is 0 Å². The predicted octanol–water partition coefficient (Wildman–Crippen LogP) is 6.56. The first-order chi connectivity index (χ1) is 12.3. The summed E-state index contributed by atoms with van der Waals surface area (Å²) in [6.07, 6.45) is 4.43. The summed E-state index contributed by atoms with van der Waals surface area (Å²) < 4.78 is 0. The van der Waals surface area contributed by atoms with Crippen molar-refractivity contribution in [3.8, 4) is 0 Å². The van der Waals surface area contributed by atoms with Crippen molar-refractivity contribution in [2.75, 3.05) is 18.5 Å². The van der Waals surface area contributed by atoms with Crippen LogP contribution in [0.5, 0.6) is 0 Å². The Bertz CT molecular complexity index is 1050. The van der Waals surface area contributed by atoms with Gasteiger partial charge in [-0.3, -0.25) is 0 Å². The van der Waals surface area contributed by atoms with Gasteiger partial charge in [-0.1, -0.05) is 84.9 Å². The zero-order chi connectivity index (χ0) is 17.1. The van der Waals surface area contributed by atoms with Gasteiger partial charge in [-0.2, -0.15) is 0 Å². The Labute approximate surface area is 161 Å². The van der Waals surface area contributed by atoms with Crippen LogP contribution in [0.25, 0.3) is 27.6 Å². The molecule has 0 atom stereocenters. The molecule has 0 unspecified atom stereocenters. The van der Waals surface area contributed by atoms with Gasteiger partial charge in [0.15, 0.2) is 0 Å². The van der Waals surface area contributed by atoms with E-state index in [1.54, 1.807) is 0 Å². The molecule has 0 fully saturated rings. The minimum atomic E-state index is 0. The second-order valence-corrected chi connectivity index (χ2v) is 6.39. The van der Waals surface area contributed by atoms with Crippen molar-refractivity contribution >= 4 is 45.7 Å². The number of hydrogen-bond acceptors (Lipinski definition) is 1. The highest BCUT2D eigenvalue weighted by molar-refractivity contribution is 5.94. The Morgan fingerprint density at radius 3 is 2.27 bits per heavy atom. The molecule has 4 aromatic carbocycles. The predicted molar refractivity (Wildman–Crippen MR) is 117 cm³/mol. The number of hydrogen-bond donors (Lipinski definition) is 0. The largest absolute Gasteiger partial charge is 0.370 e. The van der Waals surface area contributed by atoms with Crippen LogP contribution in [0.2, 0.25) is 0 Å². The van der Waals surface area contributed by atoms with Gasteiger partial charge in [-0.25, -0.2) is 0 Å². The lowest BCUT2D eigenvalue weighted by Crippen LogP contribution is -2.16. The molecule has 4 aromatic rings. The Morgan fingerprint density at radius 1 is 0.731 bits per heavy atom. The summed E-state index contributed by atoms with van der Waals surface area (Å²) in [6, 6.07) is 30.1. The maximum absolute atomic E-state index is 2.29. The molecule has 26 heavy (non-hydrogen) atoms. The molecule has 0 aliphatic heterocycles. The third-order valence-corrected chi connectivity index (χ3v) is 4.64. The maximum Gasteiger partial charge on any atom is 0.0446 e. The Morgan fingerprint density at radius 2 is 1.42 bits per heavy atom. The van der Waals surface area contributed by atoms with E-state index in [1.165, 1.54) is 32.8 Å². The summed E-state index contributed by atoms with van der Waals surface area (Å²) in [5.74, 6) is 0. The molecule has 0 bridgehead atoms. The monoisotopic (exact) mass is 359 g/mol. The van der Waals surface area contributed by atoms with Crippen molar-refractivity contribution in [1.29, 1.82) is 0 Å². The Kier molecular flexibility index (Phi) is 5.60. The van der Waals surface area contributed by atoms with Crippen molar-refractivity contribution < 1.29 is 0 Å². The van der Waals surface area contributed by atoms with E-state index >= 15 is 0 Å². The van der Waals surface area contributed by atoms with Crippen LogP contribution in [-0.4, -0.2) is 13.6 Å². The molecule has 0 saturated heterocycles. The SMILES string of the molecule is CN(C/C=C/c1ccc2ccccc2c1)c1cccc2ccccc12.Cl. The van der Waals surface area contributed by atoms with Crippen LogP contribution in [0.1, 0.15) is 5.56 Å². The zero-order valence-electron chi connectivity index (χ0n) is 14.8. The topological polar surface area (TPSA) is 3.24 Å². The van der Waals surface area contributed by atoms with E-state index in [0.29, 0.717) is 0 Å². The van der Waals surface area contributed by atoms with Crippen LogP contribution < -0.4 is 4.90 Å². The van der Waals surface area contributed by atoms with E-state index in [9.17, 15) is 0 Å². The van der Waals surface area contributed by atoms with Crippen molar-refractivity contribution in [2.24, 2.45) is 0 Å². The van der Waals surface area contributed by atoms with Gasteiger partial charge in [0.2, 0.25) is 0 Å². The molecule has 0 N–H and O–H groups in total. The summed E-state index contributed by atoms with van der Waals surface area (Å²) in [6.45, 7) is 0.876. The van der Waals surface area contributed by atoms with Gasteiger partial charge in [0.1, 0.15) is 0 Å². The average Bonchev–Trinajstić information content (AvgIpc) is 2.67. The lowest BCUT2D eigenvalue weighted by Gasteiger charge is -2.19. The molecule has 4 rings (SSSR count). The fourth-order valence-electron chi connectivity index (χ4n) is 3.30. The van der Waals surface area contributed by atoms with Crippen LogP contribution in [-0.2, 0) is 0 Å². The van der Waals surface area contributed by atoms with Crippen LogP contribution >= 0.6 is 12.4 Å².